The smallest absolute Gasteiger partial charge is 0.259 e. The third-order valence-corrected chi connectivity index (χ3v) is 18.5. The van der Waals surface area contributed by atoms with Crippen LogP contribution in [0.5, 0.6) is 0 Å². The second-order valence-corrected chi connectivity index (χ2v) is 24.6. The summed E-state index contributed by atoms with van der Waals surface area (Å²) in [6.07, 6.45) is 11.2. The maximum atomic E-state index is 7.05. The standard InChI is InChI=1S/C52H88N4O5P2/c1-13-23-47-43(15-3)39-58-62(60-47)53(45-33-49(5,6)55(50(7,8)34-45)37-41-25-19-17-20-26-41)29-31-57-32-30-54(63-59-40-44(16-4)48(61-63)24-14-2)46-35-51(9,10)56(52(11,12)36-46)38-42-27-21-18-22-28-42/h17-22,25-28,43-48H,13-16,23-24,29-40H2,1-12H3. The van der Waals surface area contributed by atoms with Gasteiger partial charge in [-0.05, 0) is 118 Å². The lowest BCUT2D eigenvalue weighted by molar-refractivity contribution is -0.0707. The van der Waals surface area contributed by atoms with Gasteiger partial charge in [0.05, 0.1) is 38.6 Å². The predicted octanol–water partition coefficient (Wildman–Crippen LogP) is 13.0. The van der Waals surface area contributed by atoms with Crippen molar-refractivity contribution in [3.63, 3.8) is 0 Å². The van der Waals surface area contributed by atoms with Gasteiger partial charge in [0.15, 0.2) is 0 Å². The van der Waals surface area contributed by atoms with E-state index in [-0.39, 0.29) is 34.4 Å². The molecule has 6 unspecified atom stereocenters. The van der Waals surface area contributed by atoms with E-state index < -0.39 is 17.1 Å². The highest BCUT2D eigenvalue weighted by atomic mass is 31.2. The van der Waals surface area contributed by atoms with Gasteiger partial charge in [-0.25, -0.2) is 9.34 Å². The molecule has 356 valence electrons. The molecule has 2 aromatic rings. The van der Waals surface area contributed by atoms with Crippen LogP contribution >= 0.6 is 17.1 Å². The number of ether oxygens (including phenoxy) is 1. The zero-order valence-corrected chi connectivity index (χ0v) is 43.5. The largest absolute Gasteiger partial charge is 0.379 e. The van der Waals surface area contributed by atoms with Crippen molar-refractivity contribution in [1.29, 1.82) is 0 Å². The number of rotatable bonds is 20. The first kappa shape index (κ1) is 51.3. The lowest BCUT2D eigenvalue weighted by Crippen LogP contribution is -2.63. The Hall–Kier alpha value is -1.06. The van der Waals surface area contributed by atoms with Crippen LogP contribution in [0.3, 0.4) is 0 Å². The predicted molar refractivity (Wildman–Crippen MR) is 263 cm³/mol. The quantitative estimate of drug-likeness (QED) is 0.0955. The monoisotopic (exact) mass is 911 g/mol. The van der Waals surface area contributed by atoms with Gasteiger partial charge in [0.25, 0.3) is 17.1 Å². The molecular weight excluding hydrogens is 823 g/mol. The average molecular weight is 911 g/mol. The Bertz CT molecular complexity index is 1500. The second-order valence-electron chi connectivity index (χ2n) is 21.7. The number of hydrogen-bond acceptors (Lipinski definition) is 9. The Morgan fingerprint density at radius 1 is 0.556 bits per heavy atom. The van der Waals surface area contributed by atoms with Gasteiger partial charge in [-0.3, -0.25) is 9.80 Å². The zero-order valence-electron chi connectivity index (χ0n) is 41.7. The Labute approximate surface area is 387 Å². The van der Waals surface area contributed by atoms with Gasteiger partial charge < -0.3 is 22.8 Å². The Morgan fingerprint density at radius 2 is 0.905 bits per heavy atom. The van der Waals surface area contributed by atoms with E-state index in [9.17, 15) is 0 Å². The number of likely N-dealkylation sites (tertiary alicyclic amines) is 2. The molecule has 0 aliphatic carbocycles. The maximum Gasteiger partial charge on any atom is 0.259 e. The van der Waals surface area contributed by atoms with E-state index in [1.165, 1.54) is 11.1 Å². The fraction of sp³-hybridized carbons (Fsp3) is 0.769. The van der Waals surface area contributed by atoms with Crippen molar-refractivity contribution in [3.05, 3.63) is 71.8 Å². The van der Waals surface area contributed by atoms with Gasteiger partial charge in [0.1, 0.15) is 0 Å². The number of piperidine rings is 2. The number of nitrogens with zero attached hydrogens (tertiary/aromatic N) is 4. The summed E-state index contributed by atoms with van der Waals surface area (Å²) in [7, 11) is -2.43. The summed E-state index contributed by atoms with van der Waals surface area (Å²) < 4.78 is 39.7. The van der Waals surface area contributed by atoms with Crippen LogP contribution in [0, 0.1) is 11.8 Å². The molecular formula is C52H88N4O5P2. The summed E-state index contributed by atoms with van der Waals surface area (Å²) in [6.45, 7) is 34.9. The molecule has 0 bridgehead atoms. The van der Waals surface area contributed by atoms with Gasteiger partial charge in [-0.15, -0.1) is 0 Å². The van der Waals surface area contributed by atoms with Crippen LogP contribution in [-0.2, 0) is 35.9 Å². The minimum atomic E-state index is -1.22. The molecule has 4 heterocycles. The third kappa shape index (κ3) is 13.1. The zero-order chi connectivity index (χ0) is 45.4. The van der Waals surface area contributed by atoms with Crippen LogP contribution in [0.25, 0.3) is 0 Å². The van der Waals surface area contributed by atoms with E-state index in [4.69, 9.17) is 22.8 Å². The van der Waals surface area contributed by atoms with Gasteiger partial charge >= 0.3 is 0 Å². The fourth-order valence-corrected chi connectivity index (χ4v) is 15.4. The van der Waals surface area contributed by atoms with Crippen molar-refractivity contribution in [2.75, 3.05) is 39.5 Å². The molecule has 4 aliphatic heterocycles. The fourth-order valence-electron chi connectivity index (χ4n) is 11.7. The summed E-state index contributed by atoms with van der Waals surface area (Å²) in [6, 6.07) is 22.6. The van der Waals surface area contributed by atoms with Crippen LogP contribution in [0.2, 0.25) is 0 Å². The van der Waals surface area contributed by atoms with Crippen molar-refractivity contribution >= 4 is 17.1 Å². The van der Waals surface area contributed by atoms with E-state index >= 15 is 0 Å². The summed E-state index contributed by atoms with van der Waals surface area (Å²) in [5, 5.41) is 0. The first-order valence-corrected chi connectivity index (χ1v) is 27.2. The van der Waals surface area contributed by atoms with E-state index in [0.29, 0.717) is 37.1 Å². The number of hydrogen-bond donors (Lipinski definition) is 0. The molecule has 4 saturated heterocycles. The molecule has 6 rings (SSSR count). The molecule has 0 aromatic heterocycles. The van der Waals surface area contributed by atoms with Crippen molar-refractivity contribution in [2.24, 2.45) is 11.8 Å². The minimum absolute atomic E-state index is 0.0193. The van der Waals surface area contributed by atoms with E-state index in [0.717, 1.165) is 104 Å². The van der Waals surface area contributed by atoms with Crippen LogP contribution in [0.4, 0.5) is 0 Å². The molecule has 11 heteroatoms. The number of benzene rings is 2. The molecule has 9 nitrogen and oxygen atoms in total. The summed E-state index contributed by atoms with van der Waals surface area (Å²) in [4.78, 5) is 5.47. The molecule has 4 aliphatic rings. The molecule has 63 heavy (non-hydrogen) atoms. The van der Waals surface area contributed by atoms with Gasteiger partial charge in [-0.2, -0.15) is 0 Å². The normalized spacial score (nSPS) is 29.4. The summed E-state index contributed by atoms with van der Waals surface area (Å²) in [5.41, 5.74) is 2.66. The Kier molecular flexibility index (Phi) is 18.6. The minimum Gasteiger partial charge on any atom is -0.379 e. The van der Waals surface area contributed by atoms with Crippen molar-refractivity contribution in [1.82, 2.24) is 19.1 Å². The second kappa shape index (κ2) is 22.8. The topological polar surface area (TPSA) is 59.1 Å². The van der Waals surface area contributed by atoms with Crippen molar-refractivity contribution in [2.45, 2.75) is 207 Å². The molecule has 0 amide bonds. The molecule has 0 saturated carbocycles. The molecule has 2 aromatic carbocycles. The average Bonchev–Trinajstić information content (AvgIpc) is 3.23. The molecule has 0 radical (unpaired) electrons. The SMILES string of the molecule is CCCC1OP(N(CCOCCN(C2CC(C)(C)N(Cc3ccccc3)C(C)(C)C2)P2OCC(CC)C(CCC)O2)C2CC(C)(C)N(Cc3ccccc3)C(C)(C)C2)OCC1CC. The summed E-state index contributed by atoms with van der Waals surface area (Å²) in [5.74, 6) is 0.897. The lowest BCUT2D eigenvalue weighted by Gasteiger charge is -2.58. The molecule has 0 N–H and O–H groups in total. The van der Waals surface area contributed by atoms with Gasteiger partial charge in [-0.1, -0.05) is 101 Å². The maximum absolute atomic E-state index is 7.05. The highest BCUT2D eigenvalue weighted by molar-refractivity contribution is 7.45. The van der Waals surface area contributed by atoms with Gasteiger partial charge in [0, 0.05) is 72.3 Å². The van der Waals surface area contributed by atoms with Gasteiger partial charge in [0.2, 0.25) is 0 Å². The Balaban J connectivity index is 1.18. The van der Waals surface area contributed by atoms with Crippen molar-refractivity contribution < 1.29 is 22.8 Å². The van der Waals surface area contributed by atoms with E-state index in [1.54, 1.807) is 0 Å². The highest BCUT2D eigenvalue weighted by Crippen LogP contribution is 2.56. The molecule has 6 atom stereocenters. The first-order valence-electron chi connectivity index (χ1n) is 25.0. The molecule has 0 spiro atoms. The van der Waals surface area contributed by atoms with Crippen LogP contribution in [0.15, 0.2) is 60.7 Å². The summed E-state index contributed by atoms with van der Waals surface area (Å²) >= 11 is 0. The first-order chi connectivity index (χ1) is 30.0. The van der Waals surface area contributed by atoms with E-state index in [1.807, 2.05) is 0 Å². The Morgan fingerprint density at radius 3 is 1.22 bits per heavy atom. The van der Waals surface area contributed by atoms with Crippen LogP contribution < -0.4 is 0 Å². The van der Waals surface area contributed by atoms with Crippen molar-refractivity contribution in [3.8, 4) is 0 Å². The van der Waals surface area contributed by atoms with E-state index in [2.05, 4.69) is 163 Å². The third-order valence-electron chi connectivity index (χ3n) is 14.9. The van der Waals surface area contributed by atoms with Crippen LogP contribution in [-0.4, -0.2) is 105 Å². The lowest BCUT2D eigenvalue weighted by atomic mass is 9.76. The van der Waals surface area contributed by atoms with Crippen LogP contribution in [0.1, 0.15) is 158 Å². The highest BCUT2D eigenvalue weighted by Gasteiger charge is 2.51. The molecule has 4 fully saturated rings.